The number of hydrogen-bond donors (Lipinski definition) is 1. The fourth-order valence-corrected chi connectivity index (χ4v) is 5.36. The Morgan fingerprint density at radius 3 is 2.34 bits per heavy atom. The Morgan fingerprint density at radius 1 is 0.974 bits per heavy atom. The third-order valence-corrected chi connectivity index (χ3v) is 7.33. The average Bonchev–Trinajstić information content (AvgIpc) is 2.92. The van der Waals surface area contributed by atoms with Crippen LogP contribution >= 0.6 is 0 Å². The van der Waals surface area contributed by atoms with Crippen molar-refractivity contribution in [1.29, 1.82) is 0 Å². The van der Waals surface area contributed by atoms with Crippen LogP contribution in [0.1, 0.15) is 62.5 Å². The van der Waals surface area contributed by atoms with Gasteiger partial charge in [-0.25, -0.2) is 0 Å². The number of aliphatic imine (C=N–C) groups is 1. The number of methoxy groups -OCH3 is 3. The number of ether oxygens (including phenoxy) is 4. The van der Waals surface area contributed by atoms with E-state index >= 15 is 0 Å². The van der Waals surface area contributed by atoms with Gasteiger partial charge in [0.25, 0.3) is 0 Å². The third kappa shape index (κ3) is 5.26. The van der Waals surface area contributed by atoms with Crippen LogP contribution in [0.2, 0.25) is 0 Å². The first-order chi connectivity index (χ1) is 18.3. The number of benzene rings is 2. The van der Waals surface area contributed by atoms with Gasteiger partial charge in [-0.3, -0.25) is 14.6 Å². The molecule has 3 atom stereocenters. The number of carbonyl (C=O) groups is 2. The molecule has 2 aliphatic rings. The van der Waals surface area contributed by atoms with Gasteiger partial charge in [0.2, 0.25) is 0 Å². The maximum atomic E-state index is 13.8. The molecule has 0 spiro atoms. The van der Waals surface area contributed by atoms with E-state index in [0.717, 1.165) is 18.4 Å². The van der Waals surface area contributed by atoms with Gasteiger partial charge in [-0.15, -0.1) is 0 Å². The number of carbonyl (C=O) groups excluding carboxylic acids is 2. The molecule has 2 aromatic carbocycles. The topological polar surface area (TPSA) is 104 Å². The van der Waals surface area contributed by atoms with E-state index in [4.69, 9.17) is 23.9 Å². The van der Waals surface area contributed by atoms with Crippen molar-refractivity contribution < 1.29 is 33.6 Å². The second-order valence-electron chi connectivity index (χ2n) is 9.66. The molecule has 1 heterocycles. The van der Waals surface area contributed by atoms with Crippen LogP contribution in [-0.2, 0) is 14.3 Å². The van der Waals surface area contributed by atoms with E-state index in [1.54, 1.807) is 26.4 Å². The predicted octanol–water partition coefficient (Wildman–Crippen LogP) is 5.34. The Bertz CT molecular complexity index is 1280. The van der Waals surface area contributed by atoms with Gasteiger partial charge in [-0.2, -0.15) is 0 Å². The largest absolute Gasteiger partial charge is 0.504 e. The van der Waals surface area contributed by atoms with E-state index in [2.05, 4.69) is 0 Å². The lowest BCUT2D eigenvalue weighted by molar-refractivity contribution is -0.146. The smallest absolute Gasteiger partial charge is 0.315 e. The van der Waals surface area contributed by atoms with E-state index in [1.165, 1.54) is 13.2 Å². The van der Waals surface area contributed by atoms with Crippen molar-refractivity contribution in [2.24, 2.45) is 10.9 Å². The minimum atomic E-state index is -0.749. The Labute approximate surface area is 223 Å². The summed E-state index contributed by atoms with van der Waals surface area (Å²) in [5, 5.41) is 10.2. The molecule has 0 saturated heterocycles. The van der Waals surface area contributed by atoms with Crippen LogP contribution in [0.5, 0.6) is 23.0 Å². The molecule has 0 bridgehead atoms. The van der Waals surface area contributed by atoms with Gasteiger partial charge in [0.1, 0.15) is 5.92 Å². The van der Waals surface area contributed by atoms with Gasteiger partial charge in [-0.05, 0) is 61.1 Å². The zero-order valence-electron chi connectivity index (χ0n) is 22.6. The van der Waals surface area contributed by atoms with E-state index in [1.807, 2.05) is 32.0 Å². The van der Waals surface area contributed by atoms with Crippen LogP contribution in [0.3, 0.4) is 0 Å². The Balaban J connectivity index is 1.77. The molecule has 1 unspecified atom stereocenters. The predicted molar refractivity (Wildman–Crippen MR) is 143 cm³/mol. The van der Waals surface area contributed by atoms with Gasteiger partial charge in [-0.1, -0.05) is 25.5 Å². The highest BCUT2D eigenvalue weighted by atomic mass is 16.5. The molecule has 0 fully saturated rings. The molecule has 202 valence electrons. The Kier molecular flexibility index (Phi) is 8.39. The van der Waals surface area contributed by atoms with Crippen LogP contribution < -0.4 is 14.2 Å². The van der Waals surface area contributed by atoms with Gasteiger partial charge >= 0.3 is 5.97 Å². The van der Waals surface area contributed by atoms with Crippen molar-refractivity contribution in [1.82, 2.24) is 0 Å². The van der Waals surface area contributed by atoms with Gasteiger partial charge in [0.15, 0.2) is 28.8 Å². The fourth-order valence-electron chi connectivity index (χ4n) is 5.36. The number of ketones is 1. The summed E-state index contributed by atoms with van der Waals surface area (Å²) in [7, 11) is 4.63. The summed E-state index contributed by atoms with van der Waals surface area (Å²) in [4.78, 5) is 32.0. The number of allylic oxidation sites excluding steroid dienone is 2. The summed E-state index contributed by atoms with van der Waals surface area (Å²) in [6.07, 6.45) is 2.46. The van der Waals surface area contributed by atoms with Crippen LogP contribution in [-0.4, -0.2) is 50.5 Å². The molecule has 0 saturated carbocycles. The van der Waals surface area contributed by atoms with Crippen molar-refractivity contribution >= 4 is 17.5 Å². The maximum Gasteiger partial charge on any atom is 0.315 e. The molecule has 1 aliphatic carbocycles. The number of phenols is 1. The number of unbranched alkanes of at least 4 members (excludes halogenated alkanes) is 1. The van der Waals surface area contributed by atoms with Gasteiger partial charge < -0.3 is 24.1 Å². The normalized spacial score (nSPS) is 20.9. The van der Waals surface area contributed by atoms with Crippen molar-refractivity contribution in [2.75, 3.05) is 27.9 Å². The van der Waals surface area contributed by atoms with E-state index in [-0.39, 0.29) is 29.6 Å². The Morgan fingerprint density at radius 2 is 1.66 bits per heavy atom. The zero-order valence-corrected chi connectivity index (χ0v) is 22.6. The molecule has 1 N–H and O–H groups in total. The molecular formula is C30H35NO7. The summed E-state index contributed by atoms with van der Waals surface area (Å²) >= 11 is 0. The monoisotopic (exact) mass is 521 g/mol. The quantitative estimate of drug-likeness (QED) is 0.351. The average molecular weight is 522 g/mol. The van der Waals surface area contributed by atoms with Crippen LogP contribution in [0.4, 0.5) is 0 Å². The van der Waals surface area contributed by atoms with Crippen molar-refractivity contribution in [3.05, 3.63) is 58.8 Å². The highest BCUT2D eigenvalue weighted by Gasteiger charge is 2.45. The zero-order chi connectivity index (χ0) is 27.4. The lowest BCUT2D eigenvalue weighted by atomic mass is 9.69. The molecule has 0 aromatic heterocycles. The number of hydrogen-bond acceptors (Lipinski definition) is 8. The fraction of sp³-hybridized carbons (Fsp3) is 0.433. The van der Waals surface area contributed by atoms with E-state index < -0.39 is 17.8 Å². The summed E-state index contributed by atoms with van der Waals surface area (Å²) in [5.41, 5.74) is 3.45. The number of rotatable bonds is 9. The van der Waals surface area contributed by atoms with E-state index in [9.17, 15) is 14.7 Å². The molecule has 0 amide bonds. The van der Waals surface area contributed by atoms with Crippen molar-refractivity contribution in [3.63, 3.8) is 0 Å². The third-order valence-electron chi connectivity index (χ3n) is 7.33. The standard InChI is InChI=1S/C30H35NO7/c1-6-7-12-38-30(34)27-17(2)31-21-13-20(18-9-11-24(35-3)26(15-18)37-5)14-23(33)29(21)28(27)19-8-10-22(32)25(16-19)36-4/h8-11,15-16,20,27-28,32H,6-7,12-14H2,1-5H3/t20-,27?,28-/m1/s1. The van der Waals surface area contributed by atoms with E-state index in [0.29, 0.717) is 47.1 Å². The van der Waals surface area contributed by atoms with Gasteiger partial charge in [0.05, 0.1) is 27.9 Å². The molecule has 0 radical (unpaired) electrons. The maximum absolute atomic E-state index is 13.8. The number of aromatic hydroxyl groups is 1. The minimum absolute atomic E-state index is 0.0165. The number of esters is 1. The summed E-state index contributed by atoms with van der Waals surface area (Å²) < 4.78 is 21.8. The SMILES string of the molecule is CCCCOC(=O)C1C(C)=NC2=C(C(=O)C[C@H](c3ccc(OC)c(OC)c3)C2)[C@@H]1c1ccc(O)c(OC)c1. The van der Waals surface area contributed by atoms with Gasteiger partial charge in [0, 0.05) is 29.3 Å². The number of nitrogens with zero attached hydrogens (tertiary/aromatic N) is 1. The van der Waals surface area contributed by atoms with Crippen LogP contribution in [0, 0.1) is 5.92 Å². The molecule has 8 heteroatoms. The second-order valence-corrected chi connectivity index (χ2v) is 9.66. The first-order valence-electron chi connectivity index (χ1n) is 12.9. The lowest BCUT2D eigenvalue weighted by Gasteiger charge is -2.36. The van der Waals surface area contributed by atoms with Crippen molar-refractivity contribution in [2.45, 2.75) is 51.4 Å². The summed E-state index contributed by atoms with van der Waals surface area (Å²) in [5.74, 6) is -0.428. The number of phenolic OH excluding ortho intramolecular Hbond substituents is 1. The molecule has 38 heavy (non-hydrogen) atoms. The summed E-state index contributed by atoms with van der Waals surface area (Å²) in [6, 6.07) is 10.6. The Hall–Kier alpha value is -3.81. The molecule has 1 aliphatic heterocycles. The summed E-state index contributed by atoms with van der Waals surface area (Å²) in [6.45, 7) is 4.15. The lowest BCUT2D eigenvalue weighted by Crippen LogP contribution is -2.38. The first-order valence-corrected chi connectivity index (χ1v) is 12.9. The van der Waals surface area contributed by atoms with Crippen LogP contribution in [0.25, 0.3) is 0 Å². The highest BCUT2D eigenvalue weighted by molar-refractivity contribution is 6.09. The highest BCUT2D eigenvalue weighted by Crippen LogP contribution is 2.48. The minimum Gasteiger partial charge on any atom is -0.504 e. The van der Waals surface area contributed by atoms with Crippen LogP contribution in [0.15, 0.2) is 52.7 Å². The number of Topliss-reactive ketones (excluding diaryl/α,β-unsaturated/α-hetero) is 1. The molecule has 8 nitrogen and oxygen atoms in total. The molecule has 4 rings (SSSR count). The second kappa shape index (κ2) is 11.7. The molecular weight excluding hydrogens is 486 g/mol. The van der Waals surface area contributed by atoms with Crippen molar-refractivity contribution in [3.8, 4) is 23.0 Å². The first kappa shape index (κ1) is 27.2. The molecule has 2 aromatic rings.